The number of ether oxygens (including phenoxy) is 1. The summed E-state index contributed by atoms with van der Waals surface area (Å²) in [6.07, 6.45) is 3.51. The maximum atomic E-state index is 13.6. The molecule has 0 saturated carbocycles. The molecule has 1 fully saturated rings. The van der Waals surface area contributed by atoms with Crippen LogP contribution in [0.4, 0.5) is 5.69 Å². The fourth-order valence-electron chi connectivity index (χ4n) is 4.44. The monoisotopic (exact) mass is 525 g/mol. The molecular weight excluding hydrogens is 498 g/mol. The third-order valence-corrected chi connectivity index (χ3v) is 7.40. The molecule has 0 spiro atoms. The number of benzene rings is 2. The summed E-state index contributed by atoms with van der Waals surface area (Å²) in [7, 11) is 1.37. The number of hydrogen-bond donors (Lipinski definition) is 0. The molecule has 0 unspecified atom stereocenters. The minimum atomic E-state index is -0.383. The fourth-order valence-corrected chi connectivity index (χ4v) is 5.43. The fraction of sp³-hybridized carbons (Fsp3) is 0.167. The molecule has 5 rings (SSSR count). The molecule has 38 heavy (non-hydrogen) atoms. The van der Waals surface area contributed by atoms with Gasteiger partial charge in [0.05, 0.1) is 36.1 Å². The van der Waals surface area contributed by atoms with E-state index < -0.39 is 0 Å². The van der Waals surface area contributed by atoms with Gasteiger partial charge < -0.3 is 13.7 Å². The minimum Gasteiger partial charge on any atom is -0.467 e. The summed E-state index contributed by atoms with van der Waals surface area (Å²) < 4.78 is 12.5. The van der Waals surface area contributed by atoms with Crippen molar-refractivity contribution in [3.05, 3.63) is 112 Å². The van der Waals surface area contributed by atoms with Crippen molar-refractivity contribution in [3.8, 4) is 5.69 Å². The van der Waals surface area contributed by atoms with Crippen LogP contribution in [0.15, 0.2) is 87.3 Å². The Hall–Kier alpha value is -4.30. The quantitative estimate of drug-likeness (QED) is 0.210. The molecule has 0 N–H and O–H groups in total. The van der Waals surface area contributed by atoms with E-state index in [0.29, 0.717) is 27.9 Å². The van der Waals surface area contributed by atoms with Crippen LogP contribution in [0, 0.1) is 20.8 Å². The molecule has 192 valence electrons. The lowest BCUT2D eigenvalue weighted by molar-refractivity contribution is -0.122. The van der Waals surface area contributed by atoms with Gasteiger partial charge in [0.15, 0.2) is 5.17 Å². The Morgan fingerprint density at radius 3 is 2.55 bits per heavy atom. The van der Waals surface area contributed by atoms with Crippen LogP contribution in [0.25, 0.3) is 11.8 Å². The van der Waals surface area contributed by atoms with Gasteiger partial charge in [-0.15, -0.1) is 0 Å². The predicted molar refractivity (Wildman–Crippen MR) is 150 cm³/mol. The van der Waals surface area contributed by atoms with E-state index in [-0.39, 0.29) is 11.9 Å². The van der Waals surface area contributed by atoms with Crippen molar-refractivity contribution >= 4 is 40.6 Å². The summed E-state index contributed by atoms with van der Waals surface area (Å²) in [6, 6.07) is 20.8. The second-order valence-electron chi connectivity index (χ2n) is 8.97. The highest BCUT2D eigenvalue weighted by Gasteiger charge is 2.34. The van der Waals surface area contributed by atoms with Crippen molar-refractivity contribution in [2.24, 2.45) is 4.99 Å². The van der Waals surface area contributed by atoms with Crippen molar-refractivity contribution in [2.75, 3.05) is 7.11 Å². The van der Waals surface area contributed by atoms with Crippen LogP contribution in [0.5, 0.6) is 0 Å². The number of amides is 1. The van der Waals surface area contributed by atoms with Gasteiger partial charge in [-0.05, 0) is 92.2 Å². The topological polar surface area (TPSA) is 77.0 Å². The van der Waals surface area contributed by atoms with E-state index in [0.717, 1.165) is 33.9 Å². The zero-order chi connectivity index (χ0) is 26.8. The van der Waals surface area contributed by atoms with Crippen LogP contribution in [0.1, 0.15) is 38.6 Å². The zero-order valence-corrected chi connectivity index (χ0v) is 22.4. The van der Waals surface area contributed by atoms with E-state index in [1.54, 1.807) is 23.3 Å². The van der Waals surface area contributed by atoms with E-state index in [2.05, 4.69) is 4.57 Å². The van der Waals surface area contributed by atoms with Crippen LogP contribution in [-0.2, 0) is 16.1 Å². The molecule has 0 atom stereocenters. The molecule has 3 heterocycles. The average Bonchev–Trinajstić information content (AvgIpc) is 3.61. The number of methoxy groups -OCH3 is 1. The Bertz CT molecular complexity index is 1570. The standard InChI is InChI=1S/C30H27N3O4S/c1-19-12-13-22(29(35)36-4)16-26(19)33-20(2)15-23(21(33)3)17-27-28(34)32(18-25-11-8-14-37-25)30(38-27)31-24-9-6-5-7-10-24/h5-17H,18H2,1-4H3/b27-17-,31-30?. The number of carbonyl (C=O) groups excluding carboxylic acids is 2. The Balaban J connectivity index is 1.53. The summed E-state index contributed by atoms with van der Waals surface area (Å²) in [5, 5.41) is 0.597. The van der Waals surface area contributed by atoms with Crippen molar-refractivity contribution < 1.29 is 18.7 Å². The number of amidine groups is 1. The van der Waals surface area contributed by atoms with Gasteiger partial charge in [-0.1, -0.05) is 24.3 Å². The summed E-state index contributed by atoms with van der Waals surface area (Å²) >= 11 is 1.35. The number of esters is 1. The number of hydrogen-bond acceptors (Lipinski definition) is 6. The molecule has 2 aromatic carbocycles. The van der Waals surface area contributed by atoms with Crippen LogP contribution < -0.4 is 0 Å². The first-order valence-corrected chi connectivity index (χ1v) is 12.9. The molecule has 1 amide bonds. The summed E-state index contributed by atoms with van der Waals surface area (Å²) in [5.41, 5.74) is 6.03. The van der Waals surface area contributed by atoms with E-state index >= 15 is 0 Å². The Labute approximate surface area is 225 Å². The molecule has 7 nitrogen and oxygen atoms in total. The van der Waals surface area contributed by atoms with Gasteiger partial charge in [0.25, 0.3) is 5.91 Å². The maximum absolute atomic E-state index is 13.6. The Morgan fingerprint density at radius 1 is 1.05 bits per heavy atom. The molecule has 1 aliphatic rings. The smallest absolute Gasteiger partial charge is 0.337 e. The molecule has 8 heteroatoms. The van der Waals surface area contributed by atoms with Gasteiger partial charge in [-0.25, -0.2) is 9.79 Å². The highest BCUT2D eigenvalue weighted by atomic mass is 32.2. The zero-order valence-electron chi connectivity index (χ0n) is 21.6. The first kappa shape index (κ1) is 25.4. The molecule has 1 aliphatic heterocycles. The first-order valence-electron chi connectivity index (χ1n) is 12.1. The Morgan fingerprint density at radius 2 is 1.84 bits per heavy atom. The number of thioether (sulfide) groups is 1. The SMILES string of the molecule is COC(=O)c1ccc(C)c(-n2c(C)cc(/C=C3\SC(=Nc4ccccc4)N(Cc4ccco4)C3=O)c2C)c1. The average molecular weight is 526 g/mol. The molecule has 0 aliphatic carbocycles. The van der Waals surface area contributed by atoms with Crippen LogP contribution >= 0.6 is 11.8 Å². The van der Waals surface area contributed by atoms with Gasteiger partial charge in [-0.3, -0.25) is 9.69 Å². The number of furan rings is 1. The van der Waals surface area contributed by atoms with Crippen molar-refractivity contribution in [2.45, 2.75) is 27.3 Å². The summed E-state index contributed by atoms with van der Waals surface area (Å²) in [4.78, 5) is 32.7. The molecule has 4 aromatic rings. The van der Waals surface area contributed by atoms with Crippen LogP contribution in [-0.4, -0.2) is 33.6 Å². The van der Waals surface area contributed by atoms with E-state index in [1.807, 2.05) is 81.4 Å². The second-order valence-corrected chi connectivity index (χ2v) is 9.98. The van der Waals surface area contributed by atoms with Gasteiger partial charge in [0.2, 0.25) is 0 Å². The lowest BCUT2D eigenvalue weighted by Crippen LogP contribution is -2.28. The number of aryl methyl sites for hydroxylation is 2. The largest absolute Gasteiger partial charge is 0.467 e. The Kier molecular flexibility index (Phi) is 7.07. The molecule has 2 aromatic heterocycles. The molecule has 0 bridgehead atoms. The molecule has 1 saturated heterocycles. The van der Waals surface area contributed by atoms with Crippen LogP contribution in [0.2, 0.25) is 0 Å². The van der Waals surface area contributed by atoms with Crippen LogP contribution in [0.3, 0.4) is 0 Å². The highest BCUT2D eigenvalue weighted by molar-refractivity contribution is 8.18. The number of aromatic nitrogens is 1. The number of rotatable bonds is 6. The maximum Gasteiger partial charge on any atom is 0.337 e. The third-order valence-electron chi connectivity index (χ3n) is 6.39. The molecular formula is C30H27N3O4S. The number of nitrogens with zero attached hydrogens (tertiary/aromatic N) is 3. The normalized spacial score (nSPS) is 15.6. The van der Waals surface area contributed by atoms with E-state index in [9.17, 15) is 9.59 Å². The van der Waals surface area contributed by atoms with E-state index in [4.69, 9.17) is 14.1 Å². The predicted octanol–water partition coefficient (Wildman–Crippen LogP) is 6.59. The van der Waals surface area contributed by atoms with Crippen molar-refractivity contribution in [3.63, 3.8) is 0 Å². The van der Waals surface area contributed by atoms with Crippen molar-refractivity contribution in [1.82, 2.24) is 9.47 Å². The van der Waals surface area contributed by atoms with Gasteiger partial charge in [-0.2, -0.15) is 0 Å². The van der Waals surface area contributed by atoms with Crippen molar-refractivity contribution in [1.29, 1.82) is 0 Å². The number of para-hydroxylation sites is 1. The lowest BCUT2D eigenvalue weighted by atomic mass is 10.1. The first-order chi connectivity index (χ1) is 18.4. The highest BCUT2D eigenvalue weighted by Crippen LogP contribution is 2.36. The van der Waals surface area contributed by atoms with Gasteiger partial charge in [0.1, 0.15) is 5.76 Å². The van der Waals surface area contributed by atoms with E-state index in [1.165, 1.54) is 18.9 Å². The minimum absolute atomic E-state index is 0.130. The summed E-state index contributed by atoms with van der Waals surface area (Å²) in [5.74, 6) is 0.167. The third kappa shape index (κ3) is 4.95. The number of aliphatic imine (C=N–C) groups is 1. The van der Waals surface area contributed by atoms with Gasteiger partial charge >= 0.3 is 5.97 Å². The van der Waals surface area contributed by atoms with Gasteiger partial charge in [0, 0.05) is 17.1 Å². The number of carbonyl (C=O) groups is 2. The summed E-state index contributed by atoms with van der Waals surface area (Å²) in [6.45, 7) is 6.31. The lowest BCUT2D eigenvalue weighted by Gasteiger charge is -2.14. The second kappa shape index (κ2) is 10.6. The molecule has 0 radical (unpaired) electrons.